The lowest BCUT2D eigenvalue weighted by Gasteiger charge is -2.29. The summed E-state index contributed by atoms with van der Waals surface area (Å²) in [7, 11) is 2.09. The average Bonchev–Trinajstić information content (AvgIpc) is 2.94. The summed E-state index contributed by atoms with van der Waals surface area (Å²) in [5, 5.41) is 4.07. The van der Waals surface area contributed by atoms with E-state index in [-0.39, 0.29) is 12.6 Å². The summed E-state index contributed by atoms with van der Waals surface area (Å²) in [5.74, 6) is 4.05. The second-order valence-electron chi connectivity index (χ2n) is 4.98. The van der Waals surface area contributed by atoms with Crippen molar-refractivity contribution in [2.45, 2.75) is 12.6 Å². The molecule has 112 valence electrons. The Labute approximate surface area is 127 Å². The van der Waals surface area contributed by atoms with Gasteiger partial charge in [-0.1, -0.05) is 11.2 Å². The number of thioether (sulfide) groups is 1. The van der Waals surface area contributed by atoms with E-state index < -0.39 is 0 Å². The first-order valence-electron chi connectivity index (χ1n) is 6.81. The molecule has 7 heteroatoms. The summed E-state index contributed by atoms with van der Waals surface area (Å²) < 4.78 is 10.9. The molecule has 1 aliphatic heterocycles. The van der Waals surface area contributed by atoms with Crippen molar-refractivity contribution >= 4 is 17.4 Å². The van der Waals surface area contributed by atoms with Crippen LogP contribution in [0, 0.1) is 0 Å². The van der Waals surface area contributed by atoms with Gasteiger partial charge in [-0.05, 0) is 19.2 Å². The molecule has 2 N–H and O–H groups in total. The summed E-state index contributed by atoms with van der Waals surface area (Å²) in [4.78, 5) is 6.69. The van der Waals surface area contributed by atoms with Crippen LogP contribution in [0.15, 0.2) is 28.8 Å². The maximum absolute atomic E-state index is 5.71. The molecule has 1 atom stereocenters. The second kappa shape index (κ2) is 6.36. The molecule has 0 radical (unpaired) electrons. The highest BCUT2D eigenvalue weighted by Crippen LogP contribution is 2.26. The minimum Gasteiger partial charge on any atom is -0.484 e. The molecule has 0 saturated carbocycles. The van der Waals surface area contributed by atoms with E-state index in [2.05, 4.69) is 22.1 Å². The topological polar surface area (TPSA) is 77.4 Å². The fourth-order valence-electron chi connectivity index (χ4n) is 2.17. The van der Waals surface area contributed by atoms with Crippen molar-refractivity contribution in [3.8, 4) is 5.75 Å². The molecule has 1 aromatic carbocycles. The number of benzene rings is 1. The smallest absolute Gasteiger partial charge is 0.264 e. The zero-order chi connectivity index (χ0) is 14.7. The maximum Gasteiger partial charge on any atom is 0.264 e. The normalized spacial score (nSPS) is 19.6. The number of nitrogens with two attached hydrogens (primary N) is 1. The molecule has 21 heavy (non-hydrogen) atoms. The van der Waals surface area contributed by atoms with E-state index in [0.29, 0.717) is 17.3 Å². The van der Waals surface area contributed by atoms with Crippen molar-refractivity contribution in [1.82, 2.24) is 15.0 Å². The summed E-state index contributed by atoms with van der Waals surface area (Å²) >= 11 is 1.91. The molecule has 0 amide bonds. The first-order chi connectivity index (χ1) is 10.2. The second-order valence-corrected chi connectivity index (χ2v) is 6.13. The number of nitrogen functional groups attached to an aromatic ring is 1. The molecule has 0 spiro atoms. The third kappa shape index (κ3) is 3.48. The van der Waals surface area contributed by atoms with E-state index >= 15 is 0 Å². The summed E-state index contributed by atoms with van der Waals surface area (Å²) in [5.41, 5.74) is 6.37. The monoisotopic (exact) mass is 306 g/mol. The predicted molar refractivity (Wildman–Crippen MR) is 82.2 cm³/mol. The molecule has 6 nitrogen and oxygen atoms in total. The Morgan fingerprint density at radius 3 is 3.24 bits per heavy atom. The number of hydrogen-bond donors (Lipinski definition) is 1. The Bertz CT molecular complexity index is 604. The van der Waals surface area contributed by atoms with Crippen molar-refractivity contribution in [2.75, 3.05) is 30.8 Å². The van der Waals surface area contributed by atoms with Crippen LogP contribution in [0.5, 0.6) is 5.75 Å². The van der Waals surface area contributed by atoms with Crippen LogP contribution in [0.4, 0.5) is 5.69 Å². The minimum absolute atomic E-state index is 0.216. The van der Waals surface area contributed by atoms with E-state index in [1.54, 1.807) is 6.07 Å². The Hall–Kier alpha value is -1.73. The minimum atomic E-state index is 0.216. The van der Waals surface area contributed by atoms with Crippen molar-refractivity contribution in [1.29, 1.82) is 0 Å². The van der Waals surface area contributed by atoms with Gasteiger partial charge in [0.1, 0.15) is 5.75 Å². The van der Waals surface area contributed by atoms with Gasteiger partial charge in [0.2, 0.25) is 0 Å². The lowest BCUT2D eigenvalue weighted by atomic mass is 10.3. The summed E-state index contributed by atoms with van der Waals surface area (Å²) in [6, 6.07) is 7.49. The van der Waals surface area contributed by atoms with Crippen molar-refractivity contribution in [2.24, 2.45) is 0 Å². The van der Waals surface area contributed by atoms with Crippen molar-refractivity contribution in [3.63, 3.8) is 0 Å². The average molecular weight is 306 g/mol. The van der Waals surface area contributed by atoms with Gasteiger partial charge in [0.05, 0.1) is 6.04 Å². The molecule has 2 heterocycles. The Kier molecular flexibility index (Phi) is 4.31. The molecule has 1 fully saturated rings. The largest absolute Gasteiger partial charge is 0.484 e. The third-order valence-corrected chi connectivity index (χ3v) is 4.42. The van der Waals surface area contributed by atoms with Crippen molar-refractivity contribution < 1.29 is 9.26 Å². The fraction of sp³-hybridized carbons (Fsp3) is 0.429. The van der Waals surface area contributed by atoms with Gasteiger partial charge in [-0.3, -0.25) is 4.90 Å². The molecule has 3 rings (SSSR count). The molecule has 2 aromatic rings. The number of ether oxygens (including phenoxy) is 1. The van der Waals surface area contributed by atoms with Crippen LogP contribution >= 0.6 is 11.8 Å². The van der Waals surface area contributed by atoms with E-state index in [1.807, 2.05) is 30.0 Å². The third-order valence-electron chi connectivity index (χ3n) is 3.40. The molecule has 1 aromatic heterocycles. The van der Waals surface area contributed by atoms with Gasteiger partial charge < -0.3 is 15.0 Å². The lowest BCUT2D eigenvalue weighted by Crippen LogP contribution is -2.33. The fourth-order valence-corrected chi connectivity index (χ4v) is 3.38. The Morgan fingerprint density at radius 1 is 1.52 bits per heavy atom. The highest BCUT2D eigenvalue weighted by molar-refractivity contribution is 7.99. The van der Waals surface area contributed by atoms with Crippen LogP contribution in [0.2, 0.25) is 0 Å². The number of aromatic nitrogens is 2. The van der Waals surface area contributed by atoms with Gasteiger partial charge in [0.25, 0.3) is 5.89 Å². The molecule has 1 saturated heterocycles. The zero-order valence-electron chi connectivity index (χ0n) is 11.9. The Morgan fingerprint density at radius 2 is 2.43 bits per heavy atom. The van der Waals surface area contributed by atoms with Gasteiger partial charge in [0, 0.05) is 29.8 Å². The van der Waals surface area contributed by atoms with Crippen LogP contribution in [0.3, 0.4) is 0 Å². The highest BCUT2D eigenvalue weighted by atomic mass is 32.2. The van der Waals surface area contributed by atoms with Gasteiger partial charge >= 0.3 is 0 Å². The summed E-state index contributed by atoms with van der Waals surface area (Å²) in [6.45, 7) is 1.29. The van der Waals surface area contributed by atoms with Crippen LogP contribution in [-0.4, -0.2) is 40.1 Å². The molecular weight excluding hydrogens is 288 g/mol. The van der Waals surface area contributed by atoms with Crippen LogP contribution in [0.25, 0.3) is 0 Å². The first-order valence-corrected chi connectivity index (χ1v) is 7.96. The van der Waals surface area contributed by atoms with Crippen LogP contribution < -0.4 is 10.5 Å². The first kappa shape index (κ1) is 14.2. The van der Waals surface area contributed by atoms with E-state index in [9.17, 15) is 0 Å². The molecule has 0 aliphatic carbocycles. The number of nitrogens with zero attached hydrogens (tertiary/aromatic N) is 3. The van der Waals surface area contributed by atoms with Gasteiger partial charge in [0.15, 0.2) is 12.4 Å². The lowest BCUT2D eigenvalue weighted by molar-refractivity contribution is 0.237. The number of hydrogen-bond acceptors (Lipinski definition) is 7. The SMILES string of the molecule is CN1CCSCC1c1noc(COc2cccc(N)c2)n1. The quantitative estimate of drug-likeness (QED) is 0.865. The van der Waals surface area contributed by atoms with E-state index in [1.165, 1.54) is 0 Å². The van der Waals surface area contributed by atoms with Crippen LogP contribution in [-0.2, 0) is 6.61 Å². The zero-order valence-corrected chi connectivity index (χ0v) is 12.7. The van der Waals surface area contributed by atoms with Crippen molar-refractivity contribution in [3.05, 3.63) is 36.0 Å². The standard InChI is InChI=1S/C14H18N4O2S/c1-18-5-6-21-9-12(18)14-16-13(20-17-14)8-19-11-4-2-3-10(15)7-11/h2-4,7,12H,5-6,8-9,15H2,1H3. The number of anilines is 1. The number of rotatable bonds is 4. The molecule has 1 unspecified atom stereocenters. The maximum atomic E-state index is 5.71. The Balaban J connectivity index is 1.62. The predicted octanol–water partition coefficient (Wildman–Crippen LogP) is 1.95. The van der Waals surface area contributed by atoms with E-state index in [4.69, 9.17) is 15.0 Å². The highest BCUT2D eigenvalue weighted by Gasteiger charge is 2.25. The molecule has 1 aliphatic rings. The van der Waals surface area contributed by atoms with Crippen LogP contribution in [0.1, 0.15) is 17.8 Å². The molecule has 0 bridgehead atoms. The molecular formula is C14H18N4O2S. The van der Waals surface area contributed by atoms with Gasteiger partial charge in [-0.2, -0.15) is 16.7 Å². The van der Waals surface area contributed by atoms with Gasteiger partial charge in [-0.15, -0.1) is 0 Å². The summed E-state index contributed by atoms with van der Waals surface area (Å²) in [6.07, 6.45) is 0. The van der Waals surface area contributed by atoms with Gasteiger partial charge in [-0.25, -0.2) is 0 Å². The van der Waals surface area contributed by atoms with E-state index in [0.717, 1.165) is 23.9 Å².